The largest absolute Gasteiger partial charge is 0.356 e. The van der Waals surface area contributed by atoms with E-state index in [4.69, 9.17) is 0 Å². The second kappa shape index (κ2) is 8.96. The molecule has 1 rings (SSSR count). The Bertz CT molecular complexity index is 554. The first-order chi connectivity index (χ1) is 9.90. The summed E-state index contributed by atoms with van der Waals surface area (Å²) in [4.78, 5) is 9.62. The molecule has 0 radical (unpaired) electrons. The molecule has 1 heterocycles. The van der Waals surface area contributed by atoms with E-state index in [2.05, 4.69) is 25.3 Å². The van der Waals surface area contributed by atoms with Crippen LogP contribution in [0.4, 0.5) is 0 Å². The number of aliphatic imine (C=N–C) groups is 1. The Hall–Kier alpha value is -1.19. The van der Waals surface area contributed by atoms with Gasteiger partial charge in [0, 0.05) is 44.2 Å². The zero-order valence-corrected chi connectivity index (χ0v) is 14.3. The fourth-order valence-electron chi connectivity index (χ4n) is 1.58. The van der Waals surface area contributed by atoms with E-state index in [1.165, 1.54) is 4.88 Å². The number of aryl methyl sites for hydroxylation is 1. The lowest BCUT2D eigenvalue weighted by atomic mass is 10.4. The van der Waals surface area contributed by atoms with E-state index in [1.807, 2.05) is 13.1 Å². The van der Waals surface area contributed by atoms with Crippen LogP contribution < -0.4 is 15.4 Å². The highest BCUT2D eigenvalue weighted by Crippen LogP contribution is 2.10. The molecule has 120 valence electrons. The van der Waals surface area contributed by atoms with E-state index in [1.54, 1.807) is 18.4 Å². The molecule has 1 aromatic heterocycles. The first-order valence-corrected chi connectivity index (χ1v) is 9.42. The topological polar surface area (TPSA) is 95.5 Å². The standard InChI is InChI=1S/C12H23N5O2S2/c1-10-9-16-11(20-10)5-8-15-12(13-2)14-6-4-7-17-21(3,18)19/h9,17H,4-8H2,1-3H3,(H2,13,14,15). The van der Waals surface area contributed by atoms with Gasteiger partial charge in [0.1, 0.15) is 0 Å². The average Bonchev–Trinajstić information content (AvgIpc) is 2.80. The maximum absolute atomic E-state index is 10.9. The van der Waals surface area contributed by atoms with Gasteiger partial charge in [0.15, 0.2) is 5.96 Å². The van der Waals surface area contributed by atoms with Crippen molar-refractivity contribution in [1.82, 2.24) is 20.3 Å². The SMILES string of the molecule is CN=C(NCCCNS(C)(=O)=O)NCCc1ncc(C)s1. The molecule has 0 fully saturated rings. The molecule has 0 saturated carbocycles. The first-order valence-electron chi connectivity index (χ1n) is 6.71. The number of nitrogens with zero attached hydrogens (tertiary/aromatic N) is 2. The molecule has 21 heavy (non-hydrogen) atoms. The van der Waals surface area contributed by atoms with Gasteiger partial charge in [-0.2, -0.15) is 0 Å². The van der Waals surface area contributed by atoms with Gasteiger partial charge in [0.2, 0.25) is 10.0 Å². The number of sulfonamides is 1. The normalized spacial score (nSPS) is 12.4. The second-order valence-corrected chi connectivity index (χ2v) is 7.71. The minimum Gasteiger partial charge on any atom is -0.356 e. The summed E-state index contributed by atoms with van der Waals surface area (Å²) in [5.41, 5.74) is 0. The molecule has 0 atom stereocenters. The van der Waals surface area contributed by atoms with Crippen molar-refractivity contribution in [2.75, 3.05) is 32.9 Å². The summed E-state index contributed by atoms with van der Waals surface area (Å²) >= 11 is 1.70. The summed E-state index contributed by atoms with van der Waals surface area (Å²) in [5, 5.41) is 7.44. The summed E-state index contributed by atoms with van der Waals surface area (Å²) < 4.78 is 24.2. The van der Waals surface area contributed by atoms with Gasteiger partial charge < -0.3 is 10.6 Å². The van der Waals surface area contributed by atoms with Crippen LogP contribution >= 0.6 is 11.3 Å². The van der Waals surface area contributed by atoms with Crippen LogP contribution in [0.1, 0.15) is 16.3 Å². The fraction of sp³-hybridized carbons (Fsp3) is 0.667. The lowest BCUT2D eigenvalue weighted by molar-refractivity contribution is 0.584. The summed E-state index contributed by atoms with van der Waals surface area (Å²) in [5.74, 6) is 0.711. The predicted molar refractivity (Wildman–Crippen MR) is 87.4 cm³/mol. The van der Waals surface area contributed by atoms with Crippen LogP contribution in [0.2, 0.25) is 0 Å². The van der Waals surface area contributed by atoms with Crippen LogP contribution in [0.3, 0.4) is 0 Å². The summed E-state index contributed by atoms with van der Waals surface area (Å²) in [6, 6.07) is 0. The Morgan fingerprint density at radius 2 is 2.05 bits per heavy atom. The lowest BCUT2D eigenvalue weighted by Crippen LogP contribution is -2.39. The van der Waals surface area contributed by atoms with Crippen molar-refractivity contribution < 1.29 is 8.42 Å². The average molecular weight is 333 g/mol. The van der Waals surface area contributed by atoms with Crippen molar-refractivity contribution in [3.8, 4) is 0 Å². The maximum Gasteiger partial charge on any atom is 0.208 e. The third-order valence-corrected chi connectivity index (χ3v) is 4.24. The molecule has 0 aliphatic rings. The van der Waals surface area contributed by atoms with Crippen LogP contribution in [-0.2, 0) is 16.4 Å². The Morgan fingerprint density at radius 1 is 1.33 bits per heavy atom. The molecule has 0 aromatic carbocycles. The third-order valence-electron chi connectivity index (χ3n) is 2.53. The second-order valence-electron chi connectivity index (χ2n) is 4.56. The van der Waals surface area contributed by atoms with E-state index < -0.39 is 10.0 Å². The van der Waals surface area contributed by atoms with Gasteiger partial charge in [-0.3, -0.25) is 4.99 Å². The third kappa shape index (κ3) is 8.64. The Morgan fingerprint density at radius 3 is 2.62 bits per heavy atom. The minimum atomic E-state index is -3.10. The highest BCUT2D eigenvalue weighted by atomic mass is 32.2. The molecule has 7 nitrogen and oxygen atoms in total. The van der Waals surface area contributed by atoms with Crippen molar-refractivity contribution in [3.63, 3.8) is 0 Å². The Balaban J connectivity index is 2.14. The van der Waals surface area contributed by atoms with Crippen LogP contribution in [0, 0.1) is 6.92 Å². The quantitative estimate of drug-likeness (QED) is 0.356. The van der Waals surface area contributed by atoms with E-state index in [9.17, 15) is 8.42 Å². The van der Waals surface area contributed by atoms with Crippen molar-refractivity contribution >= 4 is 27.3 Å². The summed E-state index contributed by atoms with van der Waals surface area (Å²) in [6.45, 7) is 3.87. The predicted octanol–water partition coefficient (Wildman–Crippen LogP) is 0.0983. The van der Waals surface area contributed by atoms with Crippen LogP contribution in [0.5, 0.6) is 0 Å². The van der Waals surface area contributed by atoms with Gasteiger partial charge in [-0.1, -0.05) is 0 Å². The molecule has 0 amide bonds. The smallest absolute Gasteiger partial charge is 0.208 e. The van der Waals surface area contributed by atoms with Crippen molar-refractivity contribution in [2.24, 2.45) is 4.99 Å². The molecule has 1 aromatic rings. The zero-order chi connectivity index (χ0) is 15.7. The van der Waals surface area contributed by atoms with Crippen LogP contribution in [-0.4, -0.2) is 52.3 Å². The molecule has 0 aliphatic carbocycles. The van der Waals surface area contributed by atoms with Gasteiger partial charge in [0.05, 0.1) is 11.3 Å². The highest BCUT2D eigenvalue weighted by Gasteiger charge is 2.02. The van der Waals surface area contributed by atoms with Gasteiger partial charge in [-0.05, 0) is 13.3 Å². The van der Waals surface area contributed by atoms with Crippen molar-refractivity contribution in [3.05, 3.63) is 16.1 Å². The number of aromatic nitrogens is 1. The van der Waals surface area contributed by atoms with E-state index >= 15 is 0 Å². The molecule has 3 N–H and O–H groups in total. The summed E-state index contributed by atoms with van der Waals surface area (Å²) in [6.07, 6.45) is 4.58. The van der Waals surface area contributed by atoms with E-state index in [0.29, 0.717) is 25.5 Å². The minimum absolute atomic E-state index is 0.418. The van der Waals surface area contributed by atoms with Gasteiger partial charge in [-0.25, -0.2) is 18.1 Å². The van der Waals surface area contributed by atoms with Crippen molar-refractivity contribution in [2.45, 2.75) is 19.8 Å². The summed E-state index contributed by atoms with van der Waals surface area (Å²) in [7, 11) is -1.40. The zero-order valence-electron chi connectivity index (χ0n) is 12.6. The molecule has 0 spiro atoms. The number of thiazole rings is 1. The number of hydrogen-bond donors (Lipinski definition) is 3. The van der Waals surface area contributed by atoms with Crippen molar-refractivity contribution in [1.29, 1.82) is 0 Å². The van der Waals surface area contributed by atoms with Crippen LogP contribution in [0.15, 0.2) is 11.2 Å². The highest BCUT2D eigenvalue weighted by molar-refractivity contribution is 7.88. The van der Waals surface area contributed by atoms with Gasteiger partial charge >= 0.3 is 0 Å². The number of guanidine groups is 1. The van der Waals surface area contributed by atoms with Gasteiger partial charge in [-0.15, -0.1) is 11.3 Å². The first kappa shape index (κ1) is 17.9. The van der Waals surface area contributed by atoms with E-state index in [-0.39, 0.29) is 0 Å². The number of hydrogen-bond acceptors (Lipinski definition) is 5. The molecule has 0 unspecified atom stereocenters. The number of rotatable bonds is 8. The van der Waals surface area contributed by atoms with Gasteiger partial charge in [0.25, 0.3) is 0 Å². The molecule has 0 aliphatic heterocycles. The Labute approximate surface area is 130 Å². The molecule has 0 saturated heterocycles. The van der Waals surface area contributed by atoms with E-state index in [0.717, 1.165) is 24.2 Å². The Kier molecular flexibility index (Phi) is 7.62. The molecular formula is C12H23N5O2S2. The number of nitrogens with one attached hydrogen (secondary N) is 3. The lowest BCUT2D eigenvalue weighted by Gasteiger charge is -2.11. The monoisotopic (exact) mass is 333 g/mol. The molecule has 0 bridgehead atoms. The maximum atomic E-state index is 10.9. The molecular weight excluding hydrogens is 310 g/mol. The fourth-order valence-corrected chi connectivity index (χ4v) is 2.88. The van der Waals surface area contributed by atoms with Crippen LogP contribution in [0.25, 0.3) is 0 Å². The molecule has 9 heteroatoms.